The molecule has 0 bridgehead atoms. The molecule has 0 aromatic heterocycles. The molecule has 1 heterocycles. The van der Waals surface area contributed by atoms with Crippen molar-refractivity contribution in [3.8, 4) is 0 Å². The van der Waals surface area contributed by atoms with Crippen molar-refractivity contribution < 1.29 is 4.74 Å². The summed E-state index contributed by atoms with van der Waals surface area (Å²) in [6, 6.07) is 6.61. The first kappa shape index (κ1) is 11.6. The van der Waals surface area contributed by atoms with Gasteiger partial charge in [-0.25, -0.2) is 0 Å². The first-order valence-electron chi connectivity index (χ1n) is 6.02. The molecule has 0 spiro atoms. The van der Waals surface area contributed by atoms with Gasteiger partial charge in [0.2, 0.25) is 0 Å². The molecule has 1 fully saturated rings. The Hall–Kier alpha value is -0.860. The van der Waals surface area contributed by atoms with Crippen LogP contribution in [0.4, 0.5) is 0 Å². The average molecular weight is 219 g/mol. The normalized spacial score (nSPS) is 19.7. The minimum atomic E-state index is -0.0587. The van der Waals surface area contributed by atoms with E-state index in [0.29, 0.717) is 0 Å². The predicted octanol–water partition coefficient (Wildman–Crippen LogP) is 2.35. The Morgan fingerprint density at radius 3 is 2.62 bits per heavy atom. The maximum Gasteiger partial charge on any atom is 0.0483 e. The van der Waals surface area contributed by atoms with Gasteiger partial charge in [0.15, 0.2) is 0 Å². The largest absolute Gasteiger partial charge is 0.381 e. The maximum atomic E-state index is 6.43. The van der Waals surface area contributed by atoms with Gasteiger partial charge in [0.1, 0.15) is 0 Å². The third kappa shape index (κ3) is 2.63. The van der Waals surface area contributed by atoms with Gasteiger partial charge in [0.25, 0.3) is 0 Å². The van der Waals surface area contributed by atoms with Gasteiger partial charge in [-0.1, -0.05) is 23.8 Å². The molecule has 1 aliphatic heterocycles. The van der Waals surface area contributed by atoms with E-state index in [2.05, 4.69) is 32.0 Å². The van der Waals surface area contributed by atoms with E-state index in [1.807, 2.05) is 0 Å². The SMILES string of the molecule is Cc1ccc(C)c(CC2(N)CCOCC2)c1. The number of benzene rings is 1. The van der Waals surface area contributed by atoms with Crippen LogP contribution in [0.25, 0.3) is 0 Å². The van der Waals surface area contributed by atoms with E-state index in [1.54, 1.807) is 0 Å². The average Bonchev–Trinajstić information content (AvgIpc) is 2.24. The van der Waals surface area contributed by atoms with Crippen molar-refractivity contribution in [1.82, 2.24) is 0 Å². The van der Waals surface area contributed by atoms with E-state index in [4.69, 9.17) is 10.5 Å². The third-order valence-corrected chi connectivity index (χ3v) is 3.54. The van der Waals surface area contributed by atoms with E-state index in [0.717, 1.165) is 32.5 Å². The highest BCUT2D eigenvalue weighted by Gasteiger charge is 2.28. The molecule has 1 saturated heterocycles. The van der Waals surface area contributed by atoms with Gasteiger partial charge in [0.05, 0.1) is 0 Å². The van der Waals surface area contributed by atoms with E-state index in [-0.39, 0.29) is 5.54 Å². The van der Waals surface area contributed by atoms with Crippen molar-refractivity contribution in [3.63, 3.8) is 0 Å². The van der Waals surface area contributed by atoms with Crippen LogP contribution in [0.3, 0.4) is 0 Å². The fraction of sp³-hybridized carbons (Fsp3) is 0.571. The van der Waals surface area contributed by atoms with Gasteiger partial charge in [-0.15, -0.1) is 0 Å². The van der Waals surface area contributed by atoms with Crippen LogP contribution >= 0.6 is 0 Å². The number of hydrogen-bond donors (Lipinski definition) is 1. The van der Waals surface area contributed by atoms with Crippen molar-refractivity contribution >= 4 is 0 Å². The van der Waals surface area contributed by atoms with Crippen LogP contribution in [-0.4, -0.2) is 18.8 Å². The second-order valence-electron chi connectivity index (χ2n) is 5.08. The van der Waals surface area contributed by atoms with Crippen molar-refractivity contribution in [2.24, 2.45) is 5.73 Å². The second kappa shape index (κ2) is 4.56. The molecule has 0 aliphatic carbocycles. The van der Waals surface area contributed by atoms with E-state index >= 15 is 0 Å². The summed E-state index contributed by atoms with van der Waals surface area (Å²) in [6.45, 7) is 5.91. The number of nitrogens with two attached hydrogens (primary N) is 1. The van der Waals surface area contributed by atoms with Gasteiger partial charge in [-0.2, -0.15) is 0 Å². The van der Waals surface area contributed by atoms with Gasteiger partial charge in [-0.05, 0) is 44.2 Å². The number of hydrogen-bond acceptors (Lipinski definition) is 2. The van der Waals surface area contributed by atoms with Crippen LogP contribution < -0.4 is 5.73 Å². The third-order valence-electron chi connectivity index (χ3n) is 3.54. The molecular formula is C14H21NO. The minimum Gasteiger partial charge on any atom is -0.381 e. The molecule has 0 atom stereocenters. The molecule has 0 radical (unpaired) electrons. The molecule has 1 aromatic rings. The maximum absolute atomic E-state index is 6.43. The van der Waals surface area contributed by atoms with Crippen LogP contribution in [0.15, 0.2) is 18.2 Å². The lowest BCUT2D eigenvalue weighted by Gasteiger charge is -2.34. The highest BCUT2D eigenvalue weighted by molar-refractivity contribution is 5.32. The zero-order chi connectivity index (χ0) is 11.6. The van der Waals surface area contributed by atoms with Gasteiger partial charge in [-0.3, -0.25) is 0 Å². The lowest BCUT2D eigenvalue weighted by atomic mass is 9.83. The number of rotatable bonds is 2. The molecule has 1 aromatic carbocycles. The standard InChI is InChI=1S/C14H21NO/c1-11-3-4-12(2)13(9-11)10-14(15)5-7-16-8-6-14/h3-4,9H,5-8,10,15H2,1-2H3. The smallest absolute Gasteiger partial charge is 0.0483 e. The lowest BCUT2D eigenvalue weighted by molar-refractivity contribution is 0.0533. The van der Waals surface area contributed by atoms with Crippen LogP contribution in [0.2, 0.25) is 0 Å². The molecule has 2 N–H and O–H groups in total. The van der Waals surface area contributed by atoms with Crippen molar-refractivity contribution in [1.29, 1.82) is 0 Å². The lowest BCUT2D eigenvalue weighted by Crippen LogP contribution is -2.47. The van der Waals surface area contributed by atoms with Crippen molar-refractivity contribution in [3.05, 3.63) is 34.9 Å². The highest BCUT2D eigenvalue weighted by atomic mass is 16.5. The summed E-state index contributed by atoms with van der Waals surface area (Å²) < 4.78 is 5.38. The van der Waals surface area contributed by atoms with E-state index in [1.165, 1.54) is 16.7 Å². The predicted molar refractivity (Wildman–Crippen MR) is 66.6 cm³/mol. The summed E-state index contributed by atoms with van der Waals surface area (Å²) in [5, 5.41) is 0. The van der Waals surface area contributed by atoms with Gasteiger partial charge < -0.3 is 10.5 Å². The molecule has 16 heavy (non-hydrogen) atoms. The Labute approximate surface area is 97.8 Å². The highest BCUT2D eigenvalue weighted by Crippen LogP contribution is 2.24. The van der Waals surface area contributed by atoms with E-state index < -0.39 is 0 Å². The molecule has 0 unspecified atom stereocenters. The summed E-state index contributed by atoms with van der Waals surface area (Å²) >= 11 is 0. The first-order chi connectivity index (χ1) is 7.59. The van der Waals surface area contributed by atoms with Crippen LogP contribution in [0.5, 0.6) is 0 Å². The molecule has 0 saturated carbocycles. The monoisotopic (exact) mass is 219 g/mol. The molecule has 2 nitrogen and oxygen atoms in total. The summed E-state index contributed by atoms with van der Waals surface area (Å²) in [6.07, 6.45) is 2.92. The molecule has 2 rings (SSSR count). The van der Waals surface area contributed by atoms with E-state index in [9.17, 15) is 0 Å². The molecule has 2 heteroatoms. The summed E-state index contributed by atoms with van der Waals surface area (Å²) in [4.78, 5) is 0. The number of ether oxygens (including phenoxy) is 1. The Morgan fingerprint density at radius 1 is 1.25 bits per heavy atom. The zero-order valence-corrected chi connectivity index (χ0v) is 10.3. The Morgan fingerprint density at radius 2 is 1.94 bits per heavy atom. The first-order valence-corrected chi connectivity index (χ1v) is 6.02. The van der Waals surface area contributed by atoms with Crippen molar-refractivity contribution in [2.75, 3.05) is 13.2 Å². The molecule has 1 aliphatic rings. The van der Waals surface area contributed by atoms with Crippen LogP contribution in [-0.2, 0) is 11.2 Å². The zero-order valence-electron chi connectivity index (χ0n) is 10.3. The van der Waals surface area contributed by atoms with Gasteiger partial charge >= 0.3 is 0 Å². The fourth-order valence-electron chi connectivity index (χ4n) is 2.32. The summed E-state index contributed by atoms with van der Waals surface area (Å²) in [5.41, 5.74) is 10.4. The number of aryl methyl sites for hydroxylation is 2. The summed E-state index contributed by atoms with van der Waals surface area (Å²) in [7, 11) is 0. The topological polar surface area (TPSA) is 35.2 Å². The van der Waals surface area contributed by atoms with Crippen molar-refractivity contribution in [2.45, 2.75) is 38.6 Å². The molecule has 0 amide bonds. The van der Waals surface area contributed by atoms with Gasteiger partial charge in [0, 0.05) is 18.8 Å². The Kier molecular flexibility index (Phi) is 3.31. The second-order valence-corrected chi connectivity index (χ2v) is 5.08. The quantitative estimate of drug-likeness (QED) is 0.828. The minimum absolute atomic E-state index is 0.0587. The van der Waals surface area contributed by atoms with Crippen LogP contribution in [0, 0.1) is 13.8 Å². The van der Waals surface area contributed by atoms with Crippen LogP contribution in [0.1, 0.15) is 29.5 Å². The summed E-state index contributed by atoms with van der Waals surface area (Å²) in [5.74, 6) is 0. The molecular weight excluding hydrogens is 198 g/mol. The Bertz CT molecular complexity index is 367. The molecule has 88 valence electrons. The Balaban J connectivity index is 2.15. The fourth-order valence-corrected chi connectivity index (χ4v) is 2.32.